The molecular weight excluding hydrogens is 308 g/mol. The van der Waals surface area contributed by atoms with Crippen LogP contribution < -0.4 is 10.6 Å². The van der Waals surface area contributed by atoms with E-state index < -0.39 is 0 Å². The Morgan fingerprint density at radius 2 is 1.74 bits per heavy atom. The molecule has 0 radical (unpaired) electrons. The number of rotatable bonds is 2. The predicted octanol–water partition coefficient (Wildman–Crippen LogP) is 4.18. The first-order chi connectivity index (χ1) is 11.0. The van der Waals surface area contributed by atoms with Crippen molar-refractivity contribution >= 4 is 39.9 Å². The van der Waals surface area contributed by atoms with Crippen LogP contribution in [0.15, 0.2) is 52.9 Å². The van der Waals surface area contributed by atoms with E-state index in [0.717, 1.165) is 22.2 Å². The number of hydrogen-bond donors (Lipinski definition) is 2. The number of thiocarbonyl (C=S) groups is 1. The van der Waals surface area contributed by atoms with Crippen LogP contribution in [-0.2, 0) is 0 Å². The van der Waals surface area contributed by atoms with Gasteiger partial charge in [-0.05, 0) is 44.3 Å². The van der Waals surface area contributed by atoms with Gasteiger partial charge < -0.3 is 9.73 Å². The van der Waals surface area contributed by atoms with E-state index in [0.29, 0.717) is 5.58 Å². The highest BCUT2D eigenvalue weighted by Crippen LogP contribution is 2.24. The Morgan fingerprint density at radius 1 is 1.04 bits per heavy atom. The molecule has 4 nitrogen and oxygen atoms in total. The van der Waals surface area contributed by atoms with Crippen molar-refractivity contribution in [1.82, 2.24) is 5.32 Å². The van der Waals surface area contributed by atoms with Crippen molar-refractivity contribution in [2.45, 2.75) is 13.8 Å². The van der Waals surface area contributed by atoms with Gasteiger partial charge in [0.2, 0.25) is 0 Å². The van der Waals surface area contributed by atoms with E-state index >= 15 is 0 Å². The number of furan rings is 1. The van der Waals surface area contributed by atoms with Gasteiger partial charge in [0.15, 0.2) is 10.9 Å². The molecule has 0 atom stereocenters. The Balaban J connectivity index is 1.73. The average Bonchev–Trinajstić information content (AvgIpc) is 2.87. The third-order valence-electron chi connectivity index (χ3n) is 3.59. The summed E-state index contributed by atoms with van der Waals surface area (Å²) in [5, 5.41) is 6.79. The van der Waals surface area contributed by atoms with E-state index in [1.807, 2.05) is 62.4 Å². The van der Waals surface area contributed by atoms with Crippen molar-refractivity contribution in [1.29, 1.82) is 0 Å². The minimum absolute atomic E-state index is 0.235. The van der Waals surface area contributed by atoms with E-state index in [1.54, 1.807) is 0 Å². The molecule has 1 amide bonds. The number of carbonyl (C=O) groups excluding carboxylic acids is 1. The number of fused-ring (bicyclic) bond motifs is 1. The molecule has 0 fully saturated rings. The van der Waals surface area contributed by atoms with Crippen molar-refractivity contribution < 1.29 is 9.21 Å². The van der Waals surface area contributed by atoms with E-state index in [9.17, 15) is 4.79 Å². The minimum atomic E-state index is -0.358. The number of hydrogen-bond acceptors (Lipinski definition) is 3. The van der Waals surface area contributed by atoms with E-state index in [1.165, 1.54) is 0 Å². The smallest absolute Gasteiger partial charge is 0.293 e. The first-order valence-electron chi connectivity index (χ1n) is 7.22. The Bertz CT molecular complexity index is 882. The highest BCUT2D eigenvalue weighted by Gasteiger charge is 2.18. The summed E-state index contributed by atoms with van der Waals surface area (Å²) in [5.74, 6) is -0.0810. The van der Waals surface area contributed by atoms with Crippen molar-refractivity contribution in [3.05, 3.63) is 65.4 Å². The molecule has 2 aromatic carbocycles. The Hall–Kier alpha value is -2.66. The number of amides is 1. The maximum Gasteiger partial charge on any atom is 0.293 e. The topological polar surface area (TPSA) is 54.3 Å². The lowest BCUT2D eigenvalue weighted by Crippen LogP contribution is -2.34. The quantitative estimate of drug-likeness (QED) is 0.695. The molecule has 0 aliphatic heterocycles. The third-order valence-corrected chi connectivity index (χ3v) is 3.79. The zero-order valence-corrected chi connectivity index (χ0v) is 13.7. The molecule has 116 valence electrons. The molecule has 0 bridgehead atoms. The molecule has 1 aromatic heterocycles. The molecule has 1 heterocycles. The summed E-state index contributed by atoms with van der Waals surface area (Å²) in [7, 11) is 0. The summed E-state index contributed by atoms with van der Waals surface area (Å²) in [6.45, 7) is 3.87. The maximum absolute atomic E-state index is 12.4. The lowest BCUT2D eigenvalue weighted by atomic mass is 10.1. The second kappa shape index (κ2) is 6.22. The number of benzene rings is 2. The number of para-hydroxylation sites is 1. The van der Waals surface area contributed by atoms with Crippen LogP contribution in [0.5, 0.6) is 0 Å². The van der Waals surface area contributed by atoms with Gasteiger partial charge in [0.05, 0.1) is 0 Å². The van der Waals surface area contributed by atoms with E-state index in [4.69, 9.17) is 16.6 Å². The van der Waals surface area contributed by atoms with E-state index in [2.05, 4.69) is 10.6 Å². The summed E-state index contributed by atoms with van der Waals surface area (Å²) in [6, 6.07) is 15.3. The van der Waals surface area contributed by atoms with Crippen LogP contribution in [0.1, 0.15) is 21.7 Å². The van der Waals surface area contributed by atoms with Gasteiger partial charge in [-0.3, -0.25) is 10.1 Å². The molecule has 5 heteroatoms. The first kappa shape index (κ1) is 15.2. The van der Waals surface area contributed by atoms with Crippen LogP contribution in [0.25, 0.3) is 11.0 Å². The summed E-state index contributed by atoms with van der Waals surface area (Å²) in [6.07, 6.45) is 0. The first-order valence-corrected chi connectivity index (χ1v) is 7.62. The van der Waals surface area contributed by atoms with Gasteiger partial charge >= 0.3 is 0 Å². The SMILES string of the molecule is Cc1ccc(NC(=S)NC(=O)c2oc3ccccc3c2C)cc1. The van der Waals surface area contributed by atoms with Gasteiger partial charge in [-0.25, -0.2) is 0 Å². The van der Waals surface area contributed by atoms with Gasteiger partial charge in [0.1, 0.15) is 5.58 Å². The Labute approximate surface area is 139 Å². The zero-order valence-electron chi connectivity index (χ0n) is 12.8. The van der Waals surface area contributed by atoms with Crippen LogP contribution >= 0.6 is 12.2 Å². The Kier molecular flexibility index (Phi) is 4.12. The minimum Gasteiger partial charge on any atom is -0.451 e. The zero-order chi connectivity index (χ0) is 16.4. The van der Waals surface area contributed by atoms with Crippen LogP contribution in [0.4, 0.5) is 5.69 Å². The molecule has 0 aliphatic rings. The highest BCUT2D eigenvalue weighted by molar-refractivity contribution is 7.80. The number of carbonyl (C=O) groups is 1. The van der Waals surface area contributed by atoms with Crippen molar-refractivity contribution in [2.24, 2.45) is 0 Å². The number of aryl methyl sites for hydroxylation is 2. The third kappa shape index (κ3) is 3.24. The monoisotopic (exact) mass is 324 g/mol. The van der Waals surface area contributed by atoms with Gasteiger partial charge in [-0.15, -0.1) is 0 Å². The molecule has 0 saturated carbocycles. The normalized spacial score (nSPS) is 10.5. The summed E-state index contributed by atoms with van der Waals surface area (Å²) in [4.78, 5) is 12.4. The molecule has 0 aliphatic carbocycles. The van der Waals surface area contributed by atoms with Gasteiger partial charge in [-0.1, -0.05) is 35.9 Å². The van der Waals surface area contributed by atoms with Gasteiger partial charge in [0.25, 0.3) is 5.91 Å². The van der Waals surface area contributed by atoms with Crippen molar-refractivity contribution in [3.63, 3.8) is 0 Å². The number of nitrogens with one attached hydrogen (secondary N) is 2. The molecule has 23 heavy (non-hydrogen) atoms. The average molecular weight is 324 g/mol. The standard InChI is InChI=1S/C18H16N2O2S/c1-11-7-9-13(10-8-11)19-18(23)20-17(21)16-12(2)14-5-3-4-6-15(14)22-16/h3-10H,1-2H3,(H2,19,20,21,23). The van der Waals surface area contributed by atoms with Crippen molar-refractivity contribution in [3.8, 4) is 0 Å². The van der Waals surface area contributed by atoms with Crippen LogP contribution in [0.2, 0.25) is 0 Å². The highest BCUT2D eigenvalue weighted by atomic mass is 32.1. The molecule has 3 rings (SSSR count). The molecule has 2 N–H and O–H groups in total. The second-order valence-corrected chi connectivity index (χ2v) is 5.73. The summed E-state index contributed by atoms with van der Waals surface area (Å²) < 4.78 is 5.63. The maximum atomic E-state index is 12.4. The lowest BCUT2D eigenvalue weighted by molar-refractivity contribution is 0.0952. The van der Waals surface area contributed by atoms with Crippen molar-refractivity contribution in [2.75, 3.05) is 5.32 Å². The van der Waals surface area contributed by atoms with Crippen LogP contribution in [0.3, 0.4) is 0 Å². The fourth-order valence-electron chi connectivity index (χ4n) is 2.35. The lowest BCUT2D eigenvalue weighted by Gasteiger charge is -2.09. The predicted molar refractivity (Wildman–Crippen MR) is 95.8 cm³/mol. The summed E-state index contributed by atoms with van der Waals surface area (Å²) in [5.41, 5.74) is 3.47. The molecule has 3 aromatic rings. The molecular formula is C18H16N2O2S. The largest absolute Gasteiger partial charge is 0.451 e. The second-order valence-electron chi connectivity index (χ2n) is 5.33. The fourth-order valence-corrected chi connectivity index (χ4v) is 2.56. The fraction of sp³-hybridized carbons (Fsp3) is 0.111. The molecule has 0 spiro atoms. The summed E-state index contributed by atoms with van der Waals surface area (Å²) >= 11 is 5.18. The van der Waals surface area contributed by atoms with Crippen LogP contribution in [-0.4, -0.2) is 11.0 Å². The molecule has 0 unspecified atom stereocenters. The van der Waals surface area contributed by atoms with Crippen LogP contribution in [0, 0.1) is 13.8 Å². The van der Waals surface area contributed by atoms with Gasteiger partial charge in [-0.2, -0.15) is 0 Å². The molecule has 0 saturated heterocycles. The Morgan fingerprint density at radius 3 is 2.43 bits per heavy atom. The van der Waals surface area contributed by atoms with Gasteiger partial charge in [0, 0.05) is 16.6 Å². The number of anilines is 1. The van der Waals surface area contributed by atoms with E-state index in [-0.39, 0.29) is 16.8 Å².